The van der Waals surface area contributed by atoms with Gasteiger partial charge in [-0.1, -0.05) is 13.0 Å². The Labute approximate surface area is 159 Å². The number of rotatable bonds is 6. The van der Waals surface area contributed by atoms with Crippen LogP contribution in [0.5, 0.6) is 0 Å². The predicted molar refractivity (Wildman–Crippen MR) is 102 cm³/mol. The molecule has 0 unspecified atom stereocenters. The van der Waals surface area contributed by atoms with Gasteiger partial charge in [0, 0.05) is 44.6 Å². The summed E-state index contributed by atoms with van der Waals surface area (Å²) in [5.41, 5.74) is 1.18. The fraction of sp³-hybridized carbons (Fsp3) is 0.526. The van der Waals surface area contributed by atoms with E-state index in [9.17, 15) is 9.59 Å². The molecule has 1 atom stereocenters. The molecule has 8 nitrogen and oxygen atoms in total. The van der Waals surface area contributed by atoms with Crippen LogP contribution in [0.25, 0.3) is 0 Å². The van der Waals surface area contributed by atoms with Crippen molar-refractivity contribution in [3.8, 4) is 0 Å². The van der Waals surface area contributed by atoms with E-state index in [4.69, 9.17) is 4.74 Å². The largest absolute Gasteiger partial charge is 0.463 e. The van der Waals surface area contributed by atoms with Gasteiger partial charge in [0.2, 0.25) is 0 Å². The van der Waals surface area contributed by atoms with Crippen molar-refractivity contribution in [2.24, 2.45) is 0 Å². The van der Waals surface area contributed by atoms with E-state index in [-0.39, 0.29) is 18.0 Å². The van der Waals surface area contributed by atoms with Crippen LogP contribution in [0, 0.1) is 0 Å². The third-order valence-corrected chi connectivity index (χ3v) is 4.87. The van der Waals surface area contributed by atoms with Gasteiger partial charge in [0.05, 0.1) is 18.2 Å². The maximum Gasteiger partial charge on any atom is 0.337 e. The smallest absolute Gasteiger partial charge is 0.337 e. The molecule has 2 N–H and O–H groups in total. The summed E-state index contributed by atoms with van der Waals surface area (Å²) in [5, 5.41) is 5.63. The lowest BCUT2D eigenvalue weighted by Crippen LogP contribution is -2.54. The molecule has 1 fully saturated rings. The van der Waals surface area contributed by atoms with Crippen LogP contribution in [0.2, 0.25) is 0 Å². The number of hydrogen-bond acceptors (Lipinski definition) is 6. The maximum atomic E-state index is 12.5. The van der Waals surface area contributed by atoms with Gasteiger partial charge in [0.25, 0.3) is 0 Å². The van der Waals surface area contributed by atoms with Gasteiger partial charge < -0.3 is 20.3 Å². The second-order valence-corrected chi connectivity index (χ2v) is 6.62. The van der Waals surface area contributed by atoms with E-state index in [1.54, 1.807) is 13.1 Å². The van der Waals surface area contributed by atoms with Crippen molar-refractivity contribution in [1.82, 2.24) is 20.5 Å². The van der Waals surface area contributed by atoms with E-state index in [1.807, 2.05) is 25.1 Å². The monoisotopic (exact) mass is 373 g/mol. The Morgan fingerprint density at radius 1 is 1.26 bits per heavy atom. The zero-order chi connectivity index (χ0) is 19.2. The number of pyridine rings is 1. The number of carbonyl (C=O) groups excluding carboxylic acids is 2. The number of esters is 1. The van der Waals surface area contributed by atoms with E-state index >= 15 is 0 Å². The highest BCUT2D eigenvalue weighted by Crippen LogP contribution is 2.19. The zero-order valence-corrected chi connectivity index (χ0v) is 15.9. The highest BCUT2D eigenvalue weighted by atomic mass is 16.5. The van der Waals surface area contributed by atoms with Gasteiger partial charge in [-0.15, -0.1) is 0 Å². The summed E-state index contributed by atoms with van der Waals surface area (Å²) in [6, 6.07) is 5.32. The fourth-order valence-electron chi connectivity index (χ4n) is 3.49. The van der Waals surface area contributed by atoms with Gasteiger partial charge in [-0.3, -0.25) is 4.90 Å². The molecule has 0 saturated carbocycles. The first kappa shape index (κ1) is 19.2. The first-order valence-corrected chi connectivity index (χ1v) is 9.48. The SMILES string of the molecule is CCOC(=O)C1=C(CN2CCN(c3ccccn3)CC2)NC(=O)N[C@@H]1CC. The normalized spacial score (nSPS) is 20.9. The van der Waals surface area contributed by atoms with E-state index in [0.29, 0.717) is 30.8 Å². The Morgan fingerprint density at radius 2 is 2.04 bits per heavy atom. The number of nitrogens with one attached hydrogen (secondary N) is 2. The predicted octanol–water partition coefficient (Wildman–Crippen LogP) is 1.11. The molecule has 8 heteroatoms. The highest BCUT2D eigenvalue weighted by molar-refractivity contribution is 5.94. The zero-order valence-electron chi connectivity index (χ0n) is 15.9. The molecule has 1 aromatic rings. The maximum absolute atomic E-state index is 12.5. The van der Waals surface area contributed by atoms with Gasteiger partial charge in [-0.25, -0.2) is 14.6 Å². The van der Waals surface area contributed by atoms with Crippen molar-refractivity contribution in [2.45, 2.75) is 26.3 Å². The summed E-state index contributed by atoms with van der Waals surface area (Å²) in [5.74, 6) is 0.615. The van der Waals surface area contributed by atoms with Gasteiger partial charge in [0.15, 0.2) is 0 Å². The van der Waals surface area contributed by atoms with Crippen molar-refractivity contribution in [3.05, 3.63) is 35.7 Å². The molecule has 0 spiro atoms. The quantitative estimate of drug-likeness (QED) is 0.727. The molecule has 0 aliphatic carbocycles. The number of ether oxygens (including phenoxy) is 1. The van der Waals surface area contributed by atoms with Crippen molar-refractivity contribution >= 4 is 17.8 Å². The molecule has 2 amide bonds. The molecule has 2 aliphatic heterocycles. The minimum atomic E-state index is -0.362. The summed E-state index contributed by atoms with van der Waals surface area (Å²) in [4.78, 5) is 33.3. The van der Waals surface area contributed by atoms with E-state index in [1.165, 1.54) is 0 Å². The van der Waals surface area contributed by atoms with Crippen LogP contribution in [-0.2, 0) is 9.53 Å². The first-order valence-electron chi connectivity index (χ1n) is 9.48. The number of piperazine rings is 1. The molecule has 3 rings (SSSR count). The molecule has 0 aromatic carbocycles. The summed E-state index contributed by atoms with van der Waals surface area (Å²) in [6.07, 6.45) is 2.44. The lowest BCUT2D eigenvalue weighted by atomic mass is 10.00. The Kier molecular flexibility index (Phi) is 6.28. The number of amides is 2. The second-order valence-electron chi connectivity index (χ2n) is 6.62. The Balaban J connectivity index is 1.70. The van der Waals surface area contributed by atoms with Crippen molar-refractivity contribution in [2.75, 3.05) is 44.2 Å². The Hall–Kier alpha value is -2.61. The highest BCUT2D eigenvalue weighted by Gasteiger charge is 2.32. The van der Waals surface area contributed by atoms with Crippen LogP contribution in [0.3, 0.4) is 0 Å². The van der Waals surface area contributed by atoms with Crippen LogP contribution in [-0.4, -0.2) is 67.3 Å². The molecule has 1 aromatic heterocycles. The molecule has 27 heavy (non-hydrogen) atoms. The van der Waals surface area contributed by atoms with Crippen molar-refractivity contribution in [1.29, 1.82) is 0 Å². The average Bonchev–Trinajstić information content (AvgIpc) is 2.69. The number of nitrogens with zero attached hydrogens (tertiary/aromatic N) is 3. The number of anilines is 1. The van der Waals surface area contributed by atoms with Crippen LogP contribution < -0.4 is 15.5 Å². The van der Waals surface area contributed by atoms with Crippen LogP contribution in [0.4, 0.5) is 10.6 Å². The number of urea groups is 1. The molecule has 0 radical (unpaired) electrons. The summed E-state index contributed by atoms with van der Waals surface area (Å²) in [6.45, 7) is 7.91. The molecule has 3 heterocycles. The van der Waals surface area contributed by atoms with E-state index in [2.05, 4.69) is 25.4 Å². The second kappa shape index (κ2) is 8.85. The minimum absolute atomic E-state index is 0.267. The van der Waals surface area contributed by atoms with Gasteiger partial charge in [0.1, 0.15) is 5.82 Å². The minimum Gasteiger partial charge on any atom is -0.463 e. The van der Waals surface area contributed by atoms with E-state index in [0.717, 1.165) is 32.0 Å². The average molecular weight is 373 g/mol. The lowest BCUT2D eigenvalue weighted by molar-refractivity contribution is -0.139. The molecular weight excluding hydrogens is 346 g/mol. The summed E-state index contributed by atoms with van der Waals surface area (Å²) < 4.78 is 5.22. The molecule has 2 aliphatic rings. The summed E-state index contributed by atoms with van der Waals surface area (Å²) in [7, 11) is 0. The number of aromatic nitrogens is 1. The van der Waals surface area contributed by atoms with Crippen LogP contribution in [0.1, 0.15) is 20.3 Å². The van der Waals surface area contributed by atoms with Gasteiger partial charge in [-0.2, -0.15) is 0 Å². The van der Waals surface area contributed by atoms with Gasteiger partial charge in [-0.05, 0) is 25.5 Å². The van der Waals surface area contributed by atoms with Crippen molar-refractivity contribution in [3.63, 3.8) is 0 Å². The third-order valence-electron chi connectivity index (χ3n) is 4.87. The lowest BCUT2D eigenvalue weighted by Gasteiger charge is -2.37. The standard InChI is InChI=1S/C19H27N5O3/c1-3-14-17(18(25)27-4-2)15(22-19(26)21-14)13-23-9-11-24(12-10-23)16-7-5-6-8-20-16/h5-8,14H,3-4,9-13H2,1-2H3,(H2,21,22,26)/t14-/m1/s1. The van der Waals surface area contributed by atoms with E-state index < -0.39 is 0 Å². The topological polar surface area (TPSA) is 86.8 Å². The Bertz CT molecular complexity index is 699. The number of carbonyl (C=O) groups is 2. The van der Waals surface area contributed by atoms with Gasteiger partial charge >= 0.3 is 12.0 Å². The third kappa shape index (κ3) is 4.57. The Morgan fingerprint density at radius 3 is 2.67 bits per heavy atom. The number of hydrogen-bond donors (Lipinski definition) is 2. The molecule has 1 saturated heterocycles. The molecular formula is C19H27N5O3. The van der Waals surface area contributed by atoms with Crippen molar-refractivity contribution < 1.29 is 14.3 Å². The summed E-state index contributed by atoms with van der Waals surface area (Å²) >= 11 is 0. The van der Waals surface area contributed by atoms with Crippen LogP contribution in [0.15, 0.2) is 35.7 Å². The van der Waals surface area contributed by atoms with Crippen LogP contribution >= 0.6 is 0 Å². The molecule has 146 valence electrons. The first-order chi connectivity index (χ1) is 13.1. The molecule has 0 bridgehead atoms. The fourth-order valence-corrected chi connectivity index (χ4v) is 3.49.